The first-order valence-electron chi connectivity index (χ1n) is 4.32. The van der Waals surface area contributed by atoms with Crippen molar-refractivity contribution >= 4 is 29.2 Å². The highest BCUT2D eigenvalue weighted by molar-refractivity contribution is 6.55. The lowest BCUT2D eigenvalue weighted by Gasteiger charge is -1.99. The molecule has 0 aliphatic heterocycles. The van der Waals surface area contributed by atoms with E-state index in [0.717, 1.165) is 18.4 Å². The van der Waals surface area contributed by atoms with Gasteiger partial charge in [0.05, 0.1) is 0 Å². The van der Waals surface area contributed by atoms with E-state index in [1.165, 1.54) is 6.92 Å². The normalized spacial score (nSPS) is 11.0. The van der Waals surface area contributed by atoms with Gasteiger partial charge < -0.3 is 4.74 Å². The highest BCUT2D eigenvalue weighted by Gasteiger charge is 1.92. The summed E-state index contributed by atoms with van der Waals surface area (Å²) in [6.07, 6.45) is 5.28. The lowest BCUT2D eigenvalue weighted by Crippen LogP contribution is -1.98. The fraction of sp³-hybridized carbons (Fsp3) is 0.500. The molecular weight excluding hydrogens is 223 g/mol. The second-order valence-corrected chi connectivity index (χ2v) is 3.89. The summed E-state index contributed by atoms with van der Waals surface area (Å²) < 4.78 is 5.05. The Morgan fingerprint density at radius 2 is 1.93 bits per heavy atom. The van der Waals surface area contributed by atoms with Crippen molar-refractivity contribution in [2.24, 2.45) is 0 Å². The maximum absolute atomic E-state index is 10.4. The van der Waals surface area contributed by atoms with E-state index >= 15 is 0 Å². The van der Waals surface area contributed by atoms with E-state index in [0.29, 0.717) is 6.61 Å². The molecule has 0 atom stereocenters. The van der Waals surface area contributed by atoms with Gasteiger partial charge in [-0.1, -0.05) is 34.9 Å². The van der Waals surface area contributed by atoms with Crippen LogP contribution in [-0.2, 0) is 9.53 Å². The number of allylic oxidation sites excluding steroid dienone is 2. The lowest BCUT2D eigenvalue weighted by molar-refractivity contribution is -0.139. The molecule has 0 aliphatic carbocycles. The van der Waals surface area contributed by atoms with E-state index in [1.807, 2.05) is 13.0 Å². The first-order valence-corrected chi connectivity index (χ1v) is 5.08. The Bertz CT molecular complexity index is 241. The molecule has 0 fully saturated rings. The van der Waals surface area contributed by atoms with Crippen LogP contribution < -0.4 is 0 Å². The highest BCUT2D eigenvalue weighted by Crippen LogP contribution is 2.11. The third kappa shape index (κ3) is 9.62. The number of rotatable bonds is 5. The molecule has 0 spiro atoms. The van der Waals surface area contributed by atoms with Crippen LogP contribution in [-0.4, -0.2) is 12.6 Å². The Kier molecular flexibility index (Phi) is 7.63. The van der Waals surface area contributed by atoms with E-state index in [4.69, 9.17) is 27.9 Å². The standard InChI is InChI=1S/C10H14Cl2O2/c1-8(4-3-5-10(11)12)6-7-14-9(2)13/h5-6H,3-4,7H2,1-2H3. The minimum absolute atomic E-state index is 0.266. The van der Waals surface area contributed by atoms with Gasteiger partial charge in [0.25, 0.3) is 0 Å². The summed E-state index contributed by atoms with van der Waals surface area (Å²) in [5.74, 6) is -0.266. The van der Waals surface area contributed by atoms with Gasteiger partial charge in [0.15, 0.2) is 0 Å². The maximum atomic E-state index is 10.4. The summed E-state index contributed by atoms with van der Waals surface area (Å²) in [5.41, 5.74) is 1.15. The topological polar surface area (TPSA) is 26.3 Å². The molecular formula is C10H14Cl2O2. The molecule has 0 N–H and O–H groups in total. The fourth-order valence-corrected chi connectivity index (χ4v) is 1.03. The maximum Gasteiger partial charge on any atom is 0.302 e. The predicted octanol–water partition coefficient (Wildman–Crippen LogP) is 3.60. The molecule has 0 bridgehead atoms. The number of carbonyl (C=O) groups is 1. The quantitative estimate of drug-likeness (QED) is 0.539. The molecule has 0 aromatic heterocycles. The average molecular weight is 237 g/mol. The third-order valence-electron chi connectivity index (χ3n) is 1.56. The summed E-state index contributed by atoms with van der Waals surface area (Å²) in [7, 11) is 0. The minimum atomic E-state index is -0.266. The van der Waals surface area contributed by atoms with Crippen LogP contribution in [0.25, 0.3) is 0 Å². The van der Waals surface area contributed by atoms with Gasteiger partial charge in [0.2, 0.25) is 0 Å². The molecule has 80 valence electrons. The zero-order valence-corrected chi connectivity index (χ0v) is 9.86. The van der Waals surface area contributed by atoms with Crippen LogP contribution >= 0.6 is 23.2 Å². The number of hydrogen-bond acceptors (Lipinski definition) is 2. The molecule has 0 saturated heterocycles. The van der Waals surface area contributed by atoms with E-state index < -0.39 is 0 Å². The van der Waals surface area contributed by atoms with Crippen molar-refractivity contribution in [1.82, 2.24) is 0 Å². The molecule has 14 heavy (non-hydrogen) atoms. The predicted molar refractivity (Wildman–Crippen MR) is 59.4 cm³/mol. The molecule has 0 amide bonds. The number of halogens is 2. The SMILES string of the molecule is CC(=O)OCC=C(C)CCC=C(Cl)Cl. The van der Waals surface area contributed by atoms with Gasteiger partial charge in [-0.05, 0) is 25.8 Å². The zero-order chi connectivity index (χ0) is 11.0. The minimum Gasteiger partial charge on any atom is -0.462 e. The Hall–Kier alpha value is -0.470. The molecule has 0 aromatic carbocycles. The largest absolute Gasteiger partial charge is 0.462 e. The smallest absolute Gasteiger partial charge is 0.302 e. The third-order valence-corrected chi connectivity index (χ3v) is 1.86. The van der Waals surface area contributed by atoms with Crippen molar-refractivity contribution in [3.8, 4) is 0 Å². The van der Waals surface area contributed by atoms with E-state index in [9.17, 15) is 4.79 Å². The first-order chi connectivity index (χ1) is 6.52. The molecule has 2 nitrogen and oxygen atoms in total. The number of carbonyl (C=O) groups excluding carboxylic acids is 1. The van der Waals surface area contributed by atoms with Gasteiger partial charge in [-0.25, -0.2) is 0 Å². The molecule has 4 heteroatoms. The summed E-state index contributed by atoms with van der Waals surface area (Å²) in [4.78, 5) is 10.4. The van der Waals surface area contributed by atoms with Crippen molar-refractivity contribution in [2.75, 3.05) is 6.61 Å². The Balaban J connectivity index is 3.67. The number of ether oxygens (including phenoxy) is 1. The summed E-state index contributed by atoms with van der Waals surface area (Å²) in [6, 6.07) is 0. The highest BCUT2D eigenvalue weighted by atomic mass is 35.5. The number of hydrogen-bond donors (Lipinski definition) is 0. The van der Waals surface area contributed by atoms with Crippen molar-refractivity contribution in [1.29, 1.82) is 0 Å². The molecule has 0 heterocycles. The zero-order valence-electron chi connectivity index (χ0n) is 8.35. The fourth-order valence-electron chi connectivity index (χ4n) is 0.812. The van der Waals surface area contributed by atoms with Gasteiger partial charge in [0.1, 0.15) is 11.1 Å². The summed E-state index contributed by atoms with van der Waals surface area (Å²) in [6.45, 7) is 3.69. The Morgan fingerprint density at radius 3 is 2.43 bits per heavy atom. The van der Waals surface area contributed by atoms with Gasteiger partial charge in [-0.2, -0.15) is 0 Å². The Morgan fingerprint density at radius 1 is 1.29 bits per heavy atom. The van der Waals surface area contributed by atoms with Gasteiger partial charge >= 0.3 is 5.97 Å². The van der Waals surface area contributed by atoms with Crippen LogP contribution in [0.5, 0.6) is 0 Å². The van der Waals surface area contributed by atoms with Crippen molar-refractivity contribution < 1.29 is 9.53 Å². The molecule has 0 saturated carbocycles. The molecule has 0 aromatic rings. The molecule has 0 unspecified atom stereocenters. The molecule has 0 aliphatic rings. The van der Waals surface area contributed by atoms with Crippen molar-refractivity contribution in [3.05, 3.63) is 22.2 Å². The van der Waals surface area contributed by atoms with Crippen LogP contribution in [0.2, 0.25) is 0 Å². The number of esters is 1. The van der Waals surface area contributed by atoms with E-state index in [-0.39, 0.29) is 10.5 Å². The second kappa shape index (κ2) is 7.89. The van der Waals surface area contributed by atoms with Crippen LogP contribution in [0.1, 0.15) is 26.7 Å². The second-order valence-electron chi connectivity index (χ2n) is 2.89. The van der Waals surface area contributed by atoms with Gasteiger partial charge in [-0.15, -0.1) is 0 Å². The van der Waals surface area contributed by atoms with Gasteiger partial charge in [-0.3, -0.25) is 4.79 Å². The molecule has 0 rings (SSSR count). The average Bonchev–Trinajstić information content (AvgIpc) is 2.02. The lowest BCUT2D eigenvalue weighted by atomic mass is 10.1. The van der Waals surface area contributed by atoms with Gasteiger partial charge in [0, 0.05) is 6.92 Å². The van der Waals surface area contributed by atoms with Crippen LogP contribution in [0, 0.1) is 0 Å². The van der Waals surface area contributed by atoms with Crippen molar-refractivity contribution in [3.63, 3.8) is 0 Å². The van der Waals surface area contributed by atoms with E-state index in [1.54, 1.807) is 6.08 Å². The van der Waals surface area contributed by atoms with E-state index in [2.05, 4.69) is 0 Å². The molecule has 0 radical (unpaired) electrons. The van der Waals surface area contributed by atoms with Crippen LogP contribution in [0.3, 0.4) is 0 Å². The summed E-state index contributed by atoms with van der Waals surface area (Å²) in [5, 5.41) is 0. The van der Waals surface area contributed by atoms with Crippen LogP contribution in [0.4, 0.5) is 0 Å². The Labute approximate surface area is 94.5 Å². The van der Waals surface area contributed by atoms with Crippen LogP contribution in [0.15, 0.2) is 22.2 Å². The monoisotopic (exact) mass is 236 g/mol. The first kappa shape index (κ1) is 13.5. The van der Waals surface area contributed by atoms with Crippen molar-refractivity contribution in [2.45, 2.75) is 26.7 Å². The summed E-state index contributed by atoms with van der Waals surface area (Å²) >= 11 is 10.9.